The molecule has 0 fully saturated rings. The van der Waals surface area contributed by atoms with Crippen molar-refractivity contribution in [3.05, 3.63) is 51.9 Å². The Kier molecular flexibility index (Phi) is 4.12. The van der Waals surface area contributed by atoms with Crippen LogP contribution in [0, 0.1) is 0 Å². The minimum atomic E-state index is -3.61. The molecule has 0 bridgehead atoms. The SMILES string of the molecule is NS(=O)(=O)c1sccc1CNCc1ccc2c(c1)CCC2. The number of fused-ring (bicyclic) bond motifs is 1. The van der Waals surface area contributed by atoms with E-state index in [2.05, 4.69) is 23.5 Å². The molecule has 0 spiro atoms. The predicted octanol–water partition coefficient (Wildman–Crippen LogP) is 2.17. The number of thiophene rings is 1. The fourth-order valence-electron chi connectivity index (χ4n) is 2.78. The smallest absolute Gasteiger partial charge is 0.247 e. The van der Waals surface area contributed by atoms with Crippen molar-refractivity contribution in [2.24, 2.45) is 5.14 Å². The number of nitrogens with one attached hydrogen (secondary N) is 1. The molecule has 0 atom stereocenters. The van der Waals surface area contributed by atoms with Gasteiger partial charge in [0.05, 0.1) is 0 Å². The molecule has 1 aliphatic rings. The average molecular weight is 322 g/mol. The van der Waals surface area contributed by atoms with Crippen LogP contribution in [0.1, 0.15) is 28.7 Å². The van der Waals surface area contributed by atoms with Gasteiger partial charge in [0.1, 0.15) is 4.21 Å². The van der Waals surface area contributed by atoms with Crippen molar-refractivity contribution in [1.82, 2.24) is 5.32 Å². The van der Waals surface area contributed by atoms with Gasteiger partial charge in [0.15, 0.2) is 0 Å². The maximum absolute atomic E-state index is 11.4. The van der Waals surface area contributed by atoms with Crippen LogP contribution < -0.4 is 10.5 Å². The average Bonchev–Trinajstić information content (AvgIpc) is 3.05. The van der Waals surface area contributed by atoms with E-state index in [1.165, 1.54) is 47.3 Å². The van der Waals surface area contributed by atoms with E-state index in [0.29, 0.717) is 6.54 Å². The van der Waals surface area contributed by atoms with Gasteiger partial charge in [-0.1, -0.05) is 18.2 Å². The molecule has 0 aliphatic heterocycles. The first-order chi connectivity index (χ1) is 10.0. The van der Waals surface area contributed by atoms with E-state index in [0.717, 1.165) is 12.1 Å². The standard InChI is InChI=1S/C15H18N2O2S2/c16-21(18,19)15-14(6-7-20-15)10-17-9-11-4-5-12-2-1-3-13(12)8-11/h4-8,17H,1-3,9-10H2,(H2,16,18,19). The summed E-state index contributed by atoms with van der Waals surface area (Å²) >= 11 is 1.17. The van der Waals surface area contributed by atoms with E-state index < -0.39 is 10.0 Å². The topological polar surface area (TPSA) is 72.2 Å². The van der Waals surface area contributed by atoms with Gasteiger partial charge in [-0.2, -0.15) is 0 Å². The zero-order valence-corrected chi connectivity index (χ0v) is 13.3. The van der Waals surface area contributed by atoms with Gasteiger partial charge in [-0.15, -0.1) is 11.3 Å². The third-order valence-electron chi connectivity index (χ3n) is 3.77. The molecular formula is C15H18N2O2S2. The zero-order valence-electron chi connectivity index (χ0n) is 11.6. The Labute approximate surface area is 129 Å². The number of hydrogen-bond donors (Lipinski definition) is 2. The molecule has 1 aliphatic carbocycles. The van der Waals surface area contributed by atoms with Crippen LogP contribution in [0.4, 0.5) is 0 Å². The van der Waals surface area contributed by atoms with Gasteiger partial charge < -0.3 is 5.32 Å². The number of rotatable bonds is 5. The monoisotopic (exact) mass is 322 g/mol. The van der Waals surface area contributed by atoms with Gasteiger partial charge >= 0.3 is 0 Å². The van der Waals surface area contributed by atoms with Gasteiger partial charge in [0.2, 0.25) is 10.0 Å². The summed E-state index contributed by atoms with van der Waals surface area (Å²) < 4.78 is 23.1. The highest BCUT2D eigenvalue weighted by atomic mass is 32.2. The summed E-state index contributed by atoms with van der Waals surface area (Å²) in [5.41, 5.74) is 4.90. The second kappa shape index (κ2) is 5.88. The fraction of sp³-hybridized carbons (Fsp3) is 0.333. The molecule has 3 N–H and O–H groups in total. The van der Waals surface area contributed by atoms with Gasteiger partial charge in [-0.25, -0.2) is 13.6 Å². The Bertz CT molecular complexity index is 751. The van der Waals surface area contributed by atoms with Crippen molar-refractivity contribution in [2.75, 3.05) is 0 Å². The third kappa shape index (κ3) is 3.35. The Morgan fingerprint density at radius 1 is 1.14 bits per heavy atom. The molecule has 1 aromatic heterocycles. The number of primary sulfonamides is 1. The lowest BCUT2D eigenvalue weighted by Gasteiger charge is -2.07. The van der Waals surface area contributed by atoms with Crippen LogP contribution in [-0.4, -0.2) is 8.42 Å². The lowest BCUT2D eigenvalue weighted by molar-refractivity contribution is 0.597. The summed E-state index contributed by atoms with van der Waals surface area (Å²) in [6, 6.07) is 8.41. The fourth-order valence-corrected chi connectivity index (χ4v) is 4.64. The molecule has 2 aromatic rings. The number of benzene rings is 1. The number of sulfonamides is 1. The number of aryl methyl sites for hydroxylation is 2. The van der Waals surface area contributed by atoms with Crippen LogP contribution in [0.2, 0.25) is 0 Å². The molecule has 4 nitrogen and oxygen atoms in total. The Morgan fingerprint density at radius 2 is 1.95 bits per heavy atom. The third-order valence-corrected chi connectivity index (χ3v) is 6.29. The molecule has 3 rings (SSSR count). The Balaban J connectivity index is 1.63. The van der Waals surface area contributed by atoms with Crippen LogP contribution in [0.5, 0.6) is 0 Å². The van der Waals surface area contributed by atoms with Gasteiger partial charge in [-0.05, 0) is 53.0 Å². The molecule has 0 radical (unpaired) electrons. The van der Waals surface area contributed by atoms with Crippen molar-refractivity contribution < 1.29 is 8.42 Å². The highest BCUT2D eigenvalue weighted by Gasteiger charge is 2.15. The lowest BCUT2D eigenvalue weighted by atomic mass is 10.1. The number of nitrogens with two attached hydrogens (primary N) is 1. The first-order valence-corrected chi connectivity index (χ1v) is 9.37. The number of hydrogen-bond acceptors (Lipinski definition) is 4. The van der Waals surface area contributed by atoms with E-state index in [1.807, 2.05) is 0 Å². The second-order valence-corrected chi connectivity index (χ2v) is 8.01. The van der Waals surface area contributed by atoms with E-state index in [9.17, 15) is 8.42 Å². The molecule has 112 valence electrons. The Morgan fingerprint density at radius 3 is 2.76 bits per heavy atom. The maximum Gasteiger partial charge on any atom is 0.247 e. The predicted molar refractivity (Wildman–Crippen MR) is 84.7 cm³/mol. The summed E-state index contributed by atoms with van der Waals surface area (Å²) in [5, 5.41) is 10.3. The normalized spacial score (nSPS) is 14.3. The highest BCUT2D eigenvalue weighted by molar-refractivity contribution is 7.91. The lowest BCUT2D eigenvalue weighted by Crippen LogP contribution is -2.17. The molecule has 1 heterocycles. The van der Waals surface area contributed by atoms with Gasteiger partial charge in [0.25, 0.3) is 0 Å². The van der Waals surface area contributed by atoms with Crippen LogP contribution in [-0.2, 0) is 36.0 Å². The van der Waals surface area contributed by atoms with E-state index >= 15 is 0 Å². The summed E-state index contributed by atoms with van der Waals surface area (Å²) in [6.45, 7) is 1.24. The maximum atomic E-state index is 11.4. The van der Waals surface area contributed by atoms with Crippen LogP contribution in [0.3, 0.4) is 0 Å². The van der Waals surface area contributed by atoms with Crippen molar-refractivity contribution in [1.29, 1.82) is 0 Å². The summed E-state index contributed by atoms with van der Waals surface area (Å²) in [7, 11) is -3.61. The van der Waals surface area contributed by atoms with Crippen LogP contribution >= 0.6 is 11.3 Å². The molecule has 0 unspecified atom stereocenters. The molecule has 1 aromatic carbocycles. The largest absolute Gasteiger partial charge is 0.309 e. The zero-order chi connectivity index (χ0) is 14.9. The molecule has 0 amide bonds. The minimum Gasteiger partial charge on any atom is -0.309 e. The summed E-state index contributed by atoms with van der Waals surface area (Å²) in [5.74, 6) is 0. The molecule has 6 heteroatoms. The van der Waals surface area contributed by atoms with Crippen LogP contribution in [0.25, 0.3) is 0 Å². The van der Waals surface area contributed by atoms with E-state index in [4.69, 9.17) is 5.14 Å². The van der Waals surface area contributed by atoms with E-state index in [1.54, 1.807) is 11.4 Å². The molecule has 21 heavy (non-hydrogen) atoms. The molecule has 0 saturated heterocycles. The minimum absolute atomic E-state index is 0.254. The van der Waals surface area contributed by atoms with Crippen LogP contribution in [0.15, 0.2) is 33.9 Å². The van der Waals surface area contributed by atoms with Crippen molar-refractivity contribution in [2.45, 2.75) is 36.6 Å². The highest BCUT2D eigenvalue weighted by Crippen LogP contribution is 2.23. The van der Waals surface area contributed by atoms with E-state index in [-0.39, 0.29) is 4.21 Å². The Hall–Kier alpha value is -1.21. The van der Waals surface area contributed by atoms with Gasteiger partial charge in [-0.3, -0.25) is 0 Å². The molecular weight excluding hydrogens is 304 g/mol. The second-order valence-electron chi connectivity index (χ2n) is 5.34. The molecule has 0 saturated carbocycles. The van der Waals surface area contributed by atoms with Gasteiger partial charge in [0, 0.05) is 13.1 Å². The van der Waals surface area contributed by atoms with Crippen molar-refractivity contribution in [3.8, 4) is 0 Å². The summed E-state index contributed by atoms with van der Waals surface area (Å²) in [6.07, 6.45) is 3.61. The van der Waals surface area contributed by atoms with Crippen molar-refractivity contribution in [3.63, 3.8) is 0 Å². The summed E-state index contributed by atoms with van der Waals surface area (Å²) in [4.78, 5) is 0. The van der Waals surface area contributed by atoms with Crippen molar-refractivity contribution >= 4 is 21.4 Å². The first kappa shape index (κ1) is 14.7. The quantitative estimate of drug-likeness (QED) is 0.886. The first-order valence-electron chi connectivity index (χ1n) is 6.94.